The van der Waals surface area contributed by atoms with E-state index in [1.54, 1.807) is 6.08 Å². The van der Waals surface area contributed by atoms with Gasteiger partial charge in [0.1, 0.15) is 0 Å². The first kappa shape index (κ1) is 16.1. The van der Waals surface area contributed by atoms with Gasteiger partial charge in [-0.2, -0.15) is 0 Å². The molecule has 4 heteroatoms. The summed E-state index contributed by atoms with van der Waals surface area (Å²) in [6.07, 6.45) is 3.42. The summed E-state index contributed by atoms with van der Waals surface area (Å²) in [5.41, 5.74) is 2.04. The highest BCUT2D eigenvalue weighted by atomic mass is 16.7. The van der Waals surface area contributed by atoms with Gasteiger partial charge in [-0.1, -0.05) is 36.4 Å². The minimum absolute atomic E-state index is 0.00785. The molecule has 0 radical (unpaired) electrons. The van der Waals surface area contributed by atoms with E-state index >= 15 is 0 Å². The molecule has 124 valence electrons. The van der Waals surface area contributed by atoms with Gasteiger partial charge < -0.3 is 14.4 Å². The average Bonchev–Trinajstić information content (AvgIpc) is 3.09. The first-order valence-corrected chi connectivity index (χ1v) is 8.12. The first-order valence-electron chi connectivity index (χ1n) is 8.12. The number of hydrogen-bond donors (Lipinski definition) is 0. The molecule has 0 saturated heterocycles. The van der Waals surface area contributed by atoms with E-state index in [9.17, 15) is 4.79 Å². The second-order valence-electron chi connectivity index (χ2n) is 5.66. The summed E-state index contributed by atoms with van der Waals surface area (Å²) in [6.45, 7) is 4.94. The number of likely N-dealkylation sites (N-methyl/N-ethyl adjacent to an activating group) is 1. The maximum absolute atomic E-state index is 12.6. The summed E-state index contributed by atoms with van der Waals surface area (Å²) < 4.78 is 10.7. The van der Waals surface area contributed by atoms with Crippen LogP contribution in [0.4, 0.5) is 0 Å². The quantitative estimate of drug-likeness (QED) is 0.780. The molecule has 1 unspecified atom stereocenters. The van der Waals surface area contributed by atoms with Crippen molar-refractivity contribution in [2.45, 2.75) is 19.9 Å². The van der Waals surface area contributed by atoms with Gasteiger partial charge in [0.2, 0.25) is 12.7 Å². The lowest BCUT2D eigenvalue weighted by atomic mass is 10.1. The third-order valence-electron chi connectivity index (χ3n) is 4.19. The third-order valence-corrected chi connectivity index (χ3v) is 4.19. The van der Waals surface area contributed by atoms with E-state index in [4.69, 9.17) is 9.47 Å². The second-order valence-corrected chi connectivity index (χ2v) is 5.66. The van der Waals surface area contributed by atoms with E-state index in [1.807, 2.05) is 73.4 Å². The minimum Gasteiger partial charge on any atom is -0.454 e. The number of carbonyl (C=O) groups is 1. The molecule has 24 heavy (non-hydrogen) atoms. The van der Waals surface area contributed by atoms with Crippen molar-refractivity contribution < 1.29 is 14.3 Å². The zero-order chi connectivity index (χ0) is 16.9. The standard InChI is InChI=1S/C20H21NO3/c1-3-21(15(2)17-7-5-4-6-8-17)20(22)12-10-16-9-11-18-19(13-16)24-14-23-18/h4-13,15H,3,14H2,1-2H3/b12-10+. The number of hydrogen-bond acceptors (Lipinski definition) is 3. The number of benzene rings is 2. The summed E-state index contributed by atoms with van der Waals surface area (Å²) in [7, 11) is 0. The van der Waals surface area contributed by atoms with E-state index in [0.29, 0.717) is 6.54 Å². The van der Waals surface area contributed by atoms with Crippen LogP contribution in [-0.2, 0) is 4.79 Å². The van der Waals surface area contributed by atoms with Crippen LogP contribution in [0, 0.1) is 0 Å². The van der Waals surface area contributed by atoms with Crippen LogP contribution in [0.15, 0.2) is 54.6 Å². The van der Waals surface area contributed by atoms with Gasteiger partial charge in [-0.15, -0.1) is 0 Å². The number of ether oxygens (including phenoxy) is 2. The molecule has 0 fully saturated rings. The molecular weight excluding hydrogens is 302 g/mol. The van der Waals surface area contributed by atoms with Gasteiger partial charge in [-0.25, -0.2) is 0 Å². The molecule has 0 saturated carbocycles. The zero-order valence-electron chi connectivity index (χ0n) is 13.9. The lowest BCUT2D eigenvalue weighted by Crippen LogP contribution is -2.32. The molecule has 0 bridgehead atoms. The van der Waals surface area contributed by atoms with Gasteiger partial charge in [0.05, 0.1) is 6.04 Å². The van der Waals surface area contributed by atoms with Crippen LogP contribution in [0.2, 0.25) is 0 Å². The molecule has 1 aliphatic heterocycles. The summed E-state index contributed by atoms with van der Waals surface area (Å²) in [5, 5.41) is 0. The SMILES string of the molecule is CCN(C(=O)/C=C/c1ccc2c(c1)OCO2)C(C)c1ccccc1. The summed E-state index contributed by atoms with van der Waals surface area (Å²) >= 11 is 0. The van der Waals surface area contributed by atoms with Crippen molar-refractivity contribution >= 4 is 12.0 Å². The van der Waals surface area contributed by atoms with E-state index in [1.165, 1.54) is 0 Å². The Labute approximate surface area is 142 Å². The second kappa shape index (κ2) is 7.21. The molecule has 1 amide bonds. The van der Waals surface area contributed by atoms with Crippen LogP contribution in [-0.4, -0.2) is 24.1 Å². The summed E-state index contributed by atoms with van der Waals surface area (Å²) in [4.78, 5) is 14.4. The fourth-order valence-corrected chi connectivity index (χ4v) is 2.81. The highest BCUT2D eigenvalue weighted by molar-refractivity contribution is 5.92. The Kier molecular flexibility index (Phi) is 4.85. The monoisotopic (exact) mass is 323 g/mol. The number of carbonyl (C=O) groups excluding carboxylic acids is 1. The number of nitrogens with zero attached hydrogens (tertiary/aromatic N) is 1. The highest BCUT2D eigenvalue weighted by Crippen LogP contribution is 2.32. The van der Waals surface area contributed by atoms with Gasteiger partial charge in [0.15, 0.2) is 11.5 Å². The Morgan fingerprint density at radius 3 is 2.67 bits per heavy atom. The summed E-state index contributed by atoms with van der Waals surface area (Å²) in [6, 6.07) is 15.7. The molecule has 1 aliphatic rings. The normalized spacial score (nSPS) is 13.9. The van der Waals surface area contributed by atoms with Gasteiger partial charge in [-0.05, 0) is 43.2 Å². The van der Waals surface area contributed by atoms with E-state index in [-0.39, 0.29) is 18.7 Å². The van der Waals surface area contributed by atoms with Crippen molar-refractivity contribution in [2.75, 3.05) is 13.3 Å². The fraction of sp³-hybridized carbons (Fsp3) is 0.250. The molecule has 3 rings (SSSR count). The largest absolute Gasteiger partial charge is 0.454 e. The van der Waals surface area contributed by atoms with Gasteiger partial charge >= 0.3 is 0 Å². The fourth-order valence-electron chi connectivity index (χ4n) is 2.81. The van der Waals surface area contributed by atoms with Gasteiger partial charge in [-0.3, -0.25) is 4.79 Å². The average molecular weight is 323 g/mol. The molecule has 0 spiro atoms. The molecular formula is C20H21NO3. The van der Waals surface area contributed by atoms with Crippen molar-refractivity contribution in [3.63, 3.8) is 0 Å². The smallest absolute Gasteiger partial charge is 0.247 e. The maximum atomic E-state index is 12.6. The van der Waals surface area contributed by atoms with Crippen LogP contribution < -0.4 is 9.47 Å². The van der Waals surface area contributed by atoms with Crippen molar-refractivity contribution in [3.05, 3.63) is 65.7 Å². The van der Waals surface area contributed by atoms with Crippen LogP contribution in [0.1, 0.15) is 31.0 Å². The van der Waals surface area contributed by atoms with Crippen LogP contribution in [0.5, 0.6) is 11.5 Å². The Balaban J connectivity index is 1.72. The van der Waals surface area contributed by atoms with Gasteiger partial charge in [0.25, 0.3) is 0 Å². The lowest BCUT2D eigenvalue weighted by molar-refractivity contribution is -0.127. The number of fused-ring (bicyclic) bond motifs is 1. The van der Waals surface area contributed by atoms with Gasteiger partial charge in [0, 0.05) is 12.6 Å². The van der Waals surface area contributed by atoms with Crippen molar-refractivity contribution in [2.24, 2.45) is 0 Å². The Hall–Kier alpha value is -2.75. The van der Waals surface area contributed by atoms with Crippen LogP contribution >= 0.6 is 0 Å². The van der Waals surface area contributed by atoms with E-state index in [2.05, 4.69) is 0 Å². The zero-order valence-corrected chi connectivity index (χ0v) is 13.9. The van der Waals surface area contributed by atoms with Crippen molar-refractivity contribution in [1.82, 2.24) is 4.90 Å². The minimum atomic E-state index is -0.00785. The number of rotatable bonds is 5. The highest BCUT2D eigenvalue weighted by Gasteiger charge is 2.18. The Morgan fingerprint density at radius 1 is 1.17 bits per heavy atom. The molecule has 2 aromatic carbocycles. The Morgan fingerprint density at radius 2 is 1.92 bits per heavy atom. The topological polar surface area (TPSA) is 38.8 Å². The van der Waals surface area contributed by atoms with Crippen LogP contribution in [0.3, 0.4) is 0 Å². The van der Waals surface area contributed by atoms with E-state index < -0.39 is 0 Å². The molecule has 0 aromatic heterocycles. The molecule has 2 aromatic rings. The van der Waals surface area contributed by atoms with Crippen molar-refractivity contribution in [3.8, 4) is 11.5 Å². The molecule has 1 heterocycles. The molecule has 0 aliphatic carbocycles. The first-order chi connectivity index (χ1) is 11.7. The summed E-state index contributed by atoms with van der Waals surface area (Å²) in [5.74, 6) is 1.45. The molecule has 4 nitrogen and oxygen atoms in total. The maximum Gasteiger partial charge on any atom is 0.247 e. The Bertz CT molecular complexity index is 740. The van der Waals surface area contributed by atoms with Crippen LogP contribution in [0.25, 0.3) is 6.08 Å². The molecule has 1 atom stereocenters. The lowest BCUT2D eigenvalue weighted by Gasteiger charge is -2.27. The third kappa shape index (κ3) is 3.43. The van der Waals surface area contributed by atoms with Crippen molar-refractivity contribution in [1.29, 1.82) is 0 Å². The predicted molar refractivity (Wildman–Crippen MR) is 93.8 cm³/mol. The van der Waals surface area contributed by atoms with E-state index in [0.717, 1.165) is 22.6 Å². The predicted octanol–water partition coefficient (Wildman–Crippen LogP) is 4.04. The number of amides is 1. The molecule has 0 N–H and O–H groups in total.